The van der Waals surface area contributed by atoms with E-state index in [1.165, 1.54) is 39.7 Å². The Labute approximate surface area is 162 Å². The van der Waals surface area contributed by atoms with Crippen LogP contribution in [0.1, 0.15) is 40.3 Å². The van der Waals surface area contributed by atoms with Crippen molar-refractivity contribution in [2.75, 3.05) is 0 Å². The molecule has 0 bridgehead atoms. The Hall–Kier alpha value is -3.28. The van der Waals surface area contributed by atoms with Crippen LogP contribution in [0.25, 0.3) is 10.9 Å². The third-order valence-corrected chi connectivity index (χ3v) is 5.59. The van der Waals surface area contributed by atoms with E-state index in [2.05, 4.69) is 44.4 Å². The molecule has 2 aromatic carbocycles. The zero-order valence-corrected chi connectivity index (χ0v) is 15.6. The van der Waals surface area contributed by atoms with Crippen molar-refractivity contribution in [3.63, 3.8) is 0 Å². The van der Waals surface area contributed by atoms with E-state index >= 15 is 0 Å². The van der Waals surface area contributed by atoms with Gasteiger partial charge in [0, 0.05) is 35.1 Å². The first-order valence-electron chi connectivity index (χ1n) is 9.79. The van der Waals surface area contributed by atoms with Crippen molar-refractivity contribution in [1.82, 2.24) is 24.8 Å². The second kappa shape index (κ2) is 7.03. The Bertz CT molecular complexity index is 1140. The number of aromatic nitrogens is 5. The van der Waals surface area contributed by atoms with E-state index in [-0.39, 0.29) is 5.91 Å². The van der Waals surface area contributed by atoms with Gasteiger partial charge in [-0.1, -0.05) is 36.4 Å². The first-order valence-corrected chi connectivity index (χ1v) is 9.79. The molecule has 28 heavy (non-hydrogen) atoms. The van der Waals surface area contributed by atoms with Crippen LogP contribution in [0.5, 0.6) is 0 Å². The van der Waals surface area contributed by atoms with Crippen LogP contribution in [-0.2, 0) is 25.8 Å². The van der Waals surface area contributed by atoms with E-state index in [4.69, 9.17) is 0 Å². The van der Waals surface area contributed by atoms with Crippen LogP contribution in [0.3, 0.4) is 0 Å². The van der Waals surface area contributed by atoms with Crippen molar-refractivity contribution in [1.29, 1.82) is 0 Å². The molecule has 0 amide bonds. The average Bonchev–Trinajstić information content (AvgIpc) is 3.35. The van der Waals surface area contributed by atoms with E-state index in [1.807, 2.05) is 18.2 Å². The van der Waals surface area contributed by atoms with Crippen molar-refractivity contribution < 1.29 is 4.79 Å². The number of aryl methyl sites for hydroxylation is 3. The summed E-state index contributed by atoms with van der Waals surface area (Å²) in [4.78, 5) is 12.7. The fourth-order valence-electron chi connectivity index (χ4n) is 4.28. The van der Waals surface area contributed by atoms with Gasteiger partial charge in [0.05, 0.1) is 0 Å². The van der Waals surface area contributed by atoms with Crippen molar-refractivity contribution in [2.45, 2.75) is 38.6 Å². The first kappa shape index (κ1) is 16.9. The molecule has 5 rings (SSSR count). The number of nitrogens with zero attached hydrogens (tertiary/aromatic N) is 5. The van der Waals surface area contributed by atoms with E-state index in [9.17, 15) is 4.79 Å². The Morgan fingerprint density at radius 3 is 2.64 bits per heavy atom. The molecule has 0 aliphatic heterocycles. The predicted octanol–water partition coefficient (Wildman–Crippen LogP) is 3.44. The molecule has 0 spiro atoms. The van der Waals surface area contributed by atoms with Crippen LogP contribution >= 0.6 is 0 Å². The summed E-state index contributed by atoms with van der Waals surface area (Å²) in [6, 6.07) is 17.7. The zero-order valence-electron chi connectivity index (χ0n) is 15.6. The van der Waals surface area contributed by atoms with Gasteiger partial charge in [0.25, 0.3) is 5.91 Å². The third kappa shape index (κ3) is 2.81. The highest BCUT2D eigenvalue weighted by atomic mass is 16.2. The molecule has 2 heterocycles. The van der Waals surface area contributed by atoms with Crippen LogP contribution in [0.4, 0.5) is 0 Å². The number of carbonyl (C=O) groups excluding carboxylic acids is 1. The van der Waals surface area contributed by atoms with Gasteiger partial charge in [-0.05, 0) is 59.9 Å². The molecule has 0 unspecified atom stereocenters. The highest BCUT2D eigenvalue weighted by molar-refractivity contribution is 5.95. The van der Waals surface area contributed by atoms with Gasteiger partial charge in [0.1, 0.15) is 0 Å². The molecule has 140 valence electrons. The maximum Gasteiger partial charge on any atom is 0.281 e. The van der Waals surface area contributed by atoms with Crippen LogP contribution in [0.2, 0.25) is 0 Å². The number of benzene rings is 2. The fraction of sp³-hybridized carbons (Fsp3) is 0.273. The third-order valence-electron chi connectivity index (χ3n) is 5.59. The van der Waals surface area contributed by atoms with Gasteiger partial charge in [0.15, 0.2) is 5.82 Å². The molecule has 1 aliphatic carbocycles. The Morgan fingerprint density at radius 2 is 1.75 bits per heavy atom. The summed E-state index contributed by atoms with van der Waals surface area (Å²) in [5.41, 5.74) is 4.77. The van der Waals surface area contributed by atoms with Crippen molar-refractivity contribution in [2.24, 2.45) is 0 Å². The number of hydrogen-bond donors (Lipinski definition) is 0. The largest absolute Gasteiger partial charge is 0.344 e. The zero-order chi connectivity index (χ0) is 18.9. The van der Waals surface area contributed by atoms with Gasteiger partial charge in [-0.25, -0.2) is 0 Å². The monoisotopic (exact) mass is 371 g/mol. The molecule has 6 nitrogen and oxygen atoms in total. The Balaban J connectivity index is 1.46. The summed E-state index contributed by atoms with van der Waals surface area (Å²) in [5.74, 6) is 0.399. The number of tetrazole rings is 1. The lowest BCUT2D eigenvalue weighted by atomic mass is 9.95. The Kier molecular flexibility index (Phi) is 4.24. The van der Waals surface area contributed by atoms with Gasteiger partial charge >= 0.3 is 0 Å². The molecule has 0 radical (unpaired) electrons. The number of rotatable bonds is 4. The average molecular weight is 371 g/mol. The van der Waals surface area contributed by atoms with E-state index < -0.39 is 0 Å². The maximum atomic E-state index is 12.7. The van der Waals surface area contributed by atoms with E-state index in [1.54, 1.807) is 12.1 Å². The summed E-state index contributed by atoms with van der Waals surface area (Å²) in [6.07, 6.45) is 5.35. The molecular weight excluding hydrogens is 350 g/mol. The van der Waals surface area contributed by atoms with Crippen LogP contribution in [0.15, 0.2) is 54.6 Å². The summed E-state index contributed by atoms with van der Waals surface area (Å²) < 4.78 is 3.73. The van der Waals surface area contributed by atoms with Gasteiger partial charge in [-0.15, -0.1) is 5.10 Å². The van der Waals surface area contributed by atoms with Crippen LogP contribution in [0, 0.1) is 0 Å². The van der Waals surface area contributed by atoms with Crippen molar-refractivity contribution in [3.05, 3.63) is 77.2 Å². The second-order valence-corrected chi connectivity index (χ2v) is 7.23. The number of carbonyl (C=O) groups is 1. The van der Waals surface area contributed by atoms with Crippen LogP contribution in [-0.4, -0.2) is 30.7 Å². The maximum absolute atomic E-state index is 12.7. The highest BCUT2D eigenvalue weighted by Crippen LogP contribution is 2.32. The quantitative estimate of drug-likeness (QED) is 0.516. The molecule has 6 heteroatoms. The first-order chi connectivity index (χ1) is 13.8. The van der Waals surface area contributed by atoms with Gasteiger partial charge in [-0.2, -0.15) is 4.68 Å². The minimum Gasteiger partial charge on any atom is -0.344 e. The summed E-state index contributed by atoms with van der Waals surface area (Å²) in [5, 5.41) is 13.2. The molecule has 0 saturated carbocycles. The number of para-hydroxylation sites is 1. The molecule has 2 aromatic heterocycles. The summed E-state index contributed by atoms with van der Waals surface area (Å²) in [7, 11) is 0. The predicted molar refractivity (Wildman–Crippen MR) is 106 cm³/mol. The molecule has 0 saturated heterocycles. The van der Waals surface area contributed by atoms with Crippen LogP contribution < -0.4 is 0 Å². The lowest BCUT2D eigenvalue weighted by Gasteiger charge is -2.16. The van der Waals surface area contributed by atoms with Gasteiger partial charge in [-0.3, -0.25) is 4.79 Å². The summed E-state index contributed by atoms with van der Waals surface area (Å²) in [6.45, 7) is 0.762. The van der Waals surface area contributed by atoms with Gasteiger partial charge < -0.3 is 4.57 Å². The molecule has 1 aliphatic rings. The minimum absolute atomic E-state index is 0.194. The molecule has 0 fully saturated rings. The fourth-order valence-corrected chi connectivity index (χ4v) is 4.28. The normalized spacial score (nSPS) is 13.6. The van der Waals surface area contributed by atoms with E-state index in [0.29, 0.717) is 17.8 Å². The Morgan fingerprint density at radius 1 is 0.964 bits per heavy atom. The number of hydrogen-bond acceptors (Lipinski definition) is 4. The van der Waals surface area contributed by atoms with Crippen molar-refractivity contribution in [3.8, 4) is 0 Å². The number of fused-ring (bicyclic) bond motifs is 3. The van der Waals surface area contributed by atoms with Crippen molar-refractivity contribution >= 4 is 16.8 Å². The SMILES string of the molecule is O=C(c1ccccc1)n1nnnc1CCn1c2c(c3ccccc31)CCCC2. The van der Waals surface area contributed by atoms with E-state index in [0.717, 1.165) is 19.4 Å². The molecule has 0 N–H and O–H groups in total. The lowest BCUT2D eigenvalue weighted by molar-refractivity contribution is 0.0939. The lowest BCUT2D eigenvalue weighted by Crippen LogP contribution is -2.19. The molecule has 0 atom stereocenters. The summed E-state index contributed by atoms with van der Waals surface area (Å²) >= 11 is 0. The smallest absolute Gasteiger partial charge is 0.281 e. The standard InChI is InChI=1S/C22H21N5O/c28-22(16-8-2-1-3-9-16)27-21(23-24-25-27)14-15-26-19-12-6-4-10-17(19)18-11-5-7-13-20(18)26/h1-4,6,8-10,12H,5,7,11,13-15H2. The van der Waals surface area contributed by atoms with Gasteiger partial charge in [0.2, 0.25) is 0 Å². The molecule has 4 aromatic rings. The minimum atomic E-state index is -0.194. The molecular formula is C22H21N5O. The highest BCUT2D eigenvalue weighted by Gasteiger charge is 2.21. The topological polar surface area (TPSA) is 65.6 Å². The second-order valence-electron chi connectivity index (χ2n) is 7.23.